The summed E-state index contributed by atoms with van der Waals surface area (Å²) in [4.78, 5) is 2.61. The summed E-state index contributed by atoms with van der Waals surface area (Å²) in [5, 5.41) is 0. The zero-order valence-corrected chi connectivity index (χ0v) is 11.7. The first-order valence-corrected chi connectivity index (χ1v) is 6.90. The molecule has 0 spiro atoms. The number of thiol groups is 1. The van der Waals surface area contributed by atoms with E-state index < -0.39 is 0 Å². The second-order valence-corrected chi connectivity index (χ2v) is 6.59. The van der Waals surface area contributed by atoms with Crippen LogP contribution in [0.5, 0.6) is 0 Å². The molecular formula is C13H27NS. The standard InChI is InChI=1S/C13H27NS/c1-11(10-15)9-14-7-5-12(6-8-14)13(2,3)4/h11-12,15H,5-10H2,1-4H3. The van der Waals surface area contributed by atoms with Gasteiger partial charge in [0.15, 0.2) is 0 Å². The first-order valence-electron chi connectivity index (χ1n) is 6.26. The number of hydrogen-bond acceptors (Lipinski definition) is 2. The van der Waals surface area contributed by atoms with Crippen LogP contribution < -0.4 is 0 Å². The van der Waals surface area contributed by atoms with Crippen molar-refractivity contribution in [1.82, 2.24) is 4.90 Å². The van der Waals surface area contributed by atoms with E-state index in [2.05, 4.69) is 45.2 Å². The van der Waals surface area contributed by atoms with Crippen molar-refractivity contribution in [2.45, 2.75) is 40.5 Å². The van der Waals surface area contributed by atoms with Crippen LogP contribution in [-0.2, 0) is 0 Å². The summed E-state index contributed by atoms with van der Waals surface area (Å²) in [6.07, 6.45) is 2.76. The Balaban J connectivity index is 2.30. The number of nitrogens with zero attached hydrogens (tertiary/aromatic N) is 1. The van der Waals surface area contributed by atoms with Crippen LogP contribution in [0.15, 0.2) is 0 Å². The quantitative estimate of drug-likeness (QED) is 0.727. The number of piperidine rings is 1. The normalized spacial score (nSPS) is 23.0. The van der Waals surface area contributed by atoms with Gasteiger partial charge in [0.1, 0.15) is 0 Å². The minimum absolute atomic E-state index is 0.501. The van der Waals surface area contributed by atoms with Crippen LogP contribution in [0.3, 0.4) is 0 Å². The molecule has 0 N–H and O–H groups in total. The Kier molecular flexibility index (Phi) is 4.98. The molecule has 1 heterocycles. The van der Waals surface area contributed by atoms with Gasteiger partial charge in [-0.05, 0) is 48.9 Å². The summed E-state index contributed by atoms with van der Waals surface area (Å²) in [6.45, 7) is 13.3. The highest BCUT2D eigenvalue weighted by Gasteiger charge is 2.28. The highest BCUT2D eigenvalue weighted by molar-refractivity contribution is 7.80. The van der Waals surface area contributed by atoms with Crippen molar-refractivity contribution >= 4 is 12.6 Å². The van der Waals surface area contributed by atoms with Gasteiger partial charge in [-0.25, -0.2) is 0 Å². The average molecular weight is 229 g/mol. The number of likely N-dealkylation sites (tertiary alicyclic amines) is 1. The monoisotopic (exact) mass is 229 g/mol. The molecule has 1 aliphatic heterocycles. The Labute approximate surface area is 101 Å². The second kappa shape index (κ2) is 5.58. The fraction of sp³-hybridized carbons (Fsp3) is 1.00. The zero-order chi connectivity index (χ0) is 11.5. The van der Waals surface area contributed by atoms with Gasteiger partial charge in [0.25, 0.3) is 0 Å². The van der Waals surface area contributed by atoms with Gasteiger partial charge in [-0.15, -0.1) is 0 Å². The van der Waals surface area contributed by atoms with Crippen LogP contribution in [0, 0.1) is 17.3 Å². The van der Waals surface area contributed by atoms with Crippen LogP contribution in [0.2, 0.25) is 0 Å². The number of rotatable bonds is 3. The number of hydrogen-bond donors (Lipinski definition) is 1. The lowest BCUT2D eigenvalue weighted by atomic mass is 9.75. The van der Waals surface area contributed by atoms with E-state index in [0.717, 1.165) is 17.6 Å². The van der Waals surface area contributed by atoms with Crippen molar-refractivity contribution in [2.24, 2.45) is 17.3 Å². The SMILES string of the molecule is CC(CS)CN1CCC(C(C)(C)C)CC1. The van der Waals surface area contributed by atoms with E-state index in [0.29, 0.717) is 5.41 Å². The molecular weight excluding hydrogens is 202 g/mol. The molecule has 0 radical (unpaired) electrons. The second-order valence-electron chi connectivity index (χ2n) is 6.23. The Morgan fingerprint density at radius 1 is 1.27 bits per heavy atom. The van der Waals surface area contributed by atoms with Gasteiger partial charge in [0, 0.05) is 6.54 Å². The first kappa shape index (κ1) is 13.4. The molecule has 0 aromatic heterocycles. The fourth-order valence-electron chi connectivity index (χ4n) is 2.48. The van der Waals surface area contributed by atoms with Crippen molar-refractivity contribution in [3.63, 3.8) is 0 Å². The molecule has 0 aromatic rings. The van der Waals surface area contributed by atoms with Gasteiger partial charge in [-0.3, -0.25) is 0 Å². The van der Waals surface area contributed by atoms with E-state index in [1.165, 1.54) is 32.5 Å². The molecule has 1 saturated heterocycles. The van der Waals surface area contributed by atoms with Crippen LogP contribution in [0.1, 0.15) is 40.5 Å². The molecule has 0 aromatic carbocycles. The predicted octanol–water partition coefficient (Wildman–Crippen LogP) is 3.31. The molecule has 1 rings (SSSR count). The van der Waals surface area contributed by atoms with Gasteiger partial charge >= 0.3 is 0 Å². The smallest absolute Gasteiger partial charge is 0.00148 e. The molecule has 0 bridgehead atoms. The van der Waals surface area contributed by atoms with Gasteiger partial charge in [-0.1, -0.05) is 27.7 Å². The van der Waals surface area contributed by atoms with Crippen molar-refractivity contribution in [3.05, 3.63) is 0 Å². The van der Waals surface area contributed by atoms with Crippen LogP contribution >= 0.6 is 12.6 Å². The molecule has 1 unspecified atom stereocenters. The molecule has 1 nitrogen and oxygen atoms in total. The van der Waals surface area contributed by atoms with Gasteiger partial charge in [0.2, 0.25) is 0 Å². The average Bonchev–Trinajstić information content (AvgIpc) is 2.17. The molecule has 0 saturated carbocycles. The Hall–Kier alpha value is 0.310. The van der Waals surface area contributed by atoms with Crippen LogP contribution in [0.25, 0.3) is 0 Å². The summed E-state index contributed by atoms with van der Waals surface area (Å²) < 4.78 is 0. The molecule has 2 heteroatoms. The van der Waals surface area contributed by atoms with E-state index in [4.69, 9.17) is 0 Å². The van der Waals surface area contributed by atoms with E-state index in [-0.39, 0.29) is 0 Å². The Bertz CT molecular complexity index is 177. The van der Waals surface area contributed by atoms with Crippen LogP contribution in [0.4, 0.5) is 0 Å². The van der Waals surface area contributed by atoms with Crippen LogP contribution in [-0.4, -0.2) is 30.3 Å². The lowest BCUT2D eigenvalue weighted by Gasteiger charge is -2.39. The van der Waals surface area contributed by atoms with Gasteiger partial charge < -0.3 is 4.90 Å². The summed E-state index contributed by atoms with van der Waals surface area (Å²) >= 11 is 4.35. The maximum atomic E-state index is 4.35. The van der Waals surface area contributed by atoms with E-state index in [1.54, 1.807) is 0 Å². The van der Waals surface area contributed by atoms with Crippen molar-refractivity contribution in [2.75, 3.05) is 25.4 Å². The molecule has 1 atom stereocenters. The topological polar surface area (TPSA) is 3.24 Å². The minimum atomic E-state index is 0.501. The molecule has 0 amide bonds. The van der Waals surface area contributed by atoms with E-state index >= 15 is 0 Å². The third-order valence-corrected chi connectivity index (χ3v) is 4.32. The lowest BCUT2D eigenvalue weighted by molar-refractivity contribution is 0.105. The van der Waals surface area contributed by atoms with Gasteiger partial charge in [0.05, 0.1) is 0 Å². The largest absolute Gasteiger partial charge is 0.303 e. The fourth-order valence-corrected chi connectivity index (χ4v) is 2.60. The van der Waals surface area contributed by atoms with Crippen molar-refractivity contribution in [3.8, 4) is 0 Å². The predicted molar refractivity (Wildman–Crippen MR) is 71.6 cm³/mol. The summed E-state index contributed by atoms with van der Waals surface area (Å²) in [7, 11) is 0. The summed E-state index contributed by atoms with van der Waals surface area (Å²) in [6, 6.07) is 0. The Morgan fingerprint density at radius 2 is 1.80 bits per heavy atom. The van der Waals surface area contributed by atoms with E-state index in [9.17, 15) is 0 Å². The highest BCUT2D eigenvalue weighted by atomic mass is 32.1. The molecule has 0 aliphatic carbocycles. The van der Waals surface area contributed by atoms with Crippen molar-refractivity contribution in [1.29, 1.82) is 0 Å². The van der Waals surface area contributed by atoms with E-state index in [1.807, 2.05) is 0 Å². The maximum absolute atomic E-state index is 4.35. The minimum Gasteiger partial charge on any atom is -0.303 e. The third kappa shape index (κ3) is 4.36. The molecule has 90 valence electrons. The molecule has 1 aliphatic rings. The molecule has 1 fully saturated rings. The lowest BCUT2D eigenvalue weighted by Crippen LogP contribution is -2.40. The van der Waals surface area contributed by atoms with Gasteiger partial charge in [-0.2, -0.15) is 12.6 Å². The Morgan fingerprint density at radius 3 is 2.20 bits per heavy atom. The summed E-state index contributed by atoms with van der Waals surface area (Å²) in [5.74, 6) is 2.67. The van der Waals surface area contributed by atoms with Crippen molar-refractivity contribution < 1.29 is 0 Å². The maximum Gasteiger partial charge on any atom is 0.00148 e. The summed E-state index contributed by atoms with van der Waals surface area (Å²) in [5.41, 5.74) is 0.501. The molecule has 15 heavy (non-hydrogen) atoms. The zero-order valence-electron chi connectivity index (χ0n) is 10.8. The highest BCUT2D eigenvalue weighted by Crippen LogP contribution is 2.34. The third-order valence-electron chi connectivity index (χ3n) is 3.69. The first-order chi connectivity index (χ1) is 6.93.